The molecular formula is C13H17N3. The predicted molar refractivity (Wildman–Crippen MR) is 66.2 cm³/mol. The van der Waals surface area contributed by atoms with E-state index in [0.717, 1.165) is 6.54 Å². The van der Waals surface area contributed by atoms with Gasteiger partial charge in [0, 0.05) is 17.8 Å². The Hall–Kier alpha value is -1.61. The van der Waals surface area contributed by atoms with Crippen LogP contribution in [0.15, 0.2) is 30.5 Å². The highest BCUT2D eigenvalue weighted by Crippen LogP contribution is 2.25. The van der Waals surface area contributed by atoms with Crippen LogP contribution >= 0.6 is 0 Å². The lowest BCUT2D eigenvalue weighted by molar-refractivity contribution is 0.608. The van der Waals surface area contributed by atoms with E-state index in [9.17, 15) is 0 Å². The number of aryl methyl sites for hydroxylation is 1. The molecule has 0 radical (unpaired) electrons. The number of aromatic nitrogens is 2. The lowest BCUT2D eigenvalue weighted by Gasteiger charge is -2.06. The third-order valence-corrected chi connectivity index (χ3v) is 2.88. The molecule has 0 amide bonds. The lowest BCUT2D eigenvalue weighted by atomic mass is 10.0. The fourth-order valence-corrected chi connectivity index (χ4v) is 1.93. The molecule has 0 atom stereocenters. The van der Waals surface area contributed by atoms with Crippen LogP contribution in [0, 0.1) is 13.8 Å². The zero-order valence-corrected chi connectivity index (χ0v) is 9.77. The second-order valence-electron chi connectivity index (χ2n) is 3.97. The first-order valence-corrected chi connectivity index (χ1v) is 5.52. The van der Waals surface area contributed by atoms with Gasteiger partial charge in [0.2, 0.25) is 0 Å². The molecule has 2 N–H and O–H groups in total. The fourth-order valence-electron chi connectivity index (χ4n) is 1.93. The van der Waals surface area contributed by atoms with Crippen LogP contribution < -0.4 is 5.73 Å². The van der Waals surface area contributed by atoms with E-state index >= 15 is 0 Å². The highest BCUT2D eigenvalue weighted by atomic mass is 15.3. The van der Waals surface area contributed by atoms with Crippen molar-refractivity contribution >= 4 is 0 Å². The molecule has 1 aromatic carbocycles. The predicted octanol–water partition coefficient (Wildman–Crippen LogP) is 2.13. The van der Waals surface area contributed by atoms with Crippen molar-refractivity contribution in [2.24, 2.45) is 5.73 Å². The summed E-state index contributed by atoms with van der Waals surface area (Å²) in [7, 11) is 0. The van der Waals surface area contributed by atoms with Crippen LogP contribution in [0.25, 0.3) is 11.1 Å². The highest BCUT2D eigenvalue weighted by Gasteiger charge is 2.09. The molecule has 0 bridgehead atoms. The van der Waals surface area contributed by atoms with Gasteiger partial charge in [-0.05, 0) is 25.0 Å². The number of benzene rings is 1. The van der Waals surface area contributed by atoms with E-state index in [1.54, 1.807) is 0 Å². The summed E-state index contributed by atoms with van der Waals surface area (Å²) in [4.78, 5) is 0. The second-order valence-corrected chi connectivity index (χ2v) is 3.97. The number of nitrogens with zero attached hydrogens (tertiary/aromatic N) is 2. The molecule has 2 aromatic rings. The summed E-state index contributed by atoms with van der Waals surface area (Å²) >= 11 is 0. The van der Waals surface area contributed by atoms with Gasteiger partial charge in [-0.1, -0.05) is 24.3 Å². The van der Waals surface area contributed by atoms with E-state index < -0.39 is 0 Å². The summed E-state index contributed by atoms with van der Waals surface area (Å²) in [6, 6.07) is 8.36. The normalized spacial score (nSPS) is 10.7. The van der Waals surface area contributed by atoms with Crippen molar-refractivity contribution in [3.05, 3.63) is 41.7 Å². The van der Waals surface area contributed by atoms with Crippen molar-refractivity contribution in [2.45, 2.75) is 20.4 Å². The summed E-state index contributed by atoms with van der Waals surface area (Å²) in [5, 5.41) is 4.36. The molecule has 0 fully saturated rings. The molecular weight excluding hydrogens is 198 g/mol. The largest absolute Gasteiger partial charge is 0.329 e. The van der Waals surface area contributed by atoms with E-state index in [0.29, 0.717) is 6.54 Å². The van der Waals surface area contributed by atoms with Crippen molar-refractivity contribution < 1.29 is 0 Å². The minimum absolute atomic E-state index is 0.621. The highest BCUT2D eigenvalue weighted by molar-refractivity contribution is 5.68. The number of hydrogen-bond acceptors (Lipinski definition) is 2. The van der Waals surface area contributed by atoms with E-state index in [-0.39, 0.29) is 0 Å². The van der Waals surface area contributed by atoms with E-state index in [1.165, 1.54) is 22.4 Å². The van der Waals surface area contributed by atoms with E-state index in [4.69, 9.17) is 5.73 Å². The van der Waals surface area contributed by atoms with Crippen LogP contribution in [0.1, 0.15) is 11.3 Å². The molecule has 0 saturated heterocycles. The second kappa shape index (κ2) is 4.49. The third-order valence-electron chi connectivity index (χ3n) is 2.88. The fraction of sp³-hybridized carbons (Fsp3) is 0.308. The Morgan fingerprint density at radius 2 is 1.94 bits per heavy atom. The summed E-state index contributed by atoms with van der Waals surface area (Å²) < 4.78 is 1.96. The molecule has 1 aromatic heterocycles. The van der Waals surface area contributed by atoms with Crippen LogP contribution in [-0.2, 0) is 6.54 Å². The molecule has 0 aliphatic carbocycles. The van der Waals surface area contributed by atoms with Crippen LogP contribution in [-0.4, -0.2) is 16.3 Å². The molecule has 0 saturated carbocycles. The molecule has 3 nitrogen and oxygen atoms in total. The number of nitrogens with two attached hydrogens (primary N) is 1. The van der Waals surface area contributed by atoms with Gasteiger partial charge in [0.25, 0.3) is 0 Å². The van der Waals surface area contributed by atoms with Crippen LogP contribution in [0.4, 0.5) is 0 Å². The van der Waals surface area contributed by atoms with Gasteiger partial charge in [-0.3, -0.25) is 4.68 Å². The van der Waals surface area contributed by atoms with Crippen molar-refractivity contribution in [3.63, 3.8) is 0 Å². The third kappa shape index (κ3) is 1.86. The molecule has 16 heavy (non-hydrogen) atoms. The first kappa shape index (κ1) is 10.9. The maximum atomic E-state index is 5.55. The molecule has 3 heteroatoms. The van der Waals surface area contributed by atoms with Crippen molar-refractivity contribution in [3.8, 4) is 11.1 Å². The Morgan fingerprint density at radius 3 is 2.62 bits per heavy atom. The lowest BCUT2D eigenvalue weighted by Crippen LogP contribution is -2.12. The van der Waals surface area contributed by atoms with Gasteiger partial charge in [0.15, 0.2) is 0 Å². The van der Waals surface area contributed by atoms with E-state index in [1.807, 2.05) is 10.9 Å². The van der Waals surface area contributed by atoms with Crippen LogP contribution in [0.2, 0.25) is 0 Å². The van der Waals surface area contributed by atoms with Gasteiger partial charge in [-0.25, -0.2) is 0 Å². The smallest absolute Gasteiger partial charge is 0.0571 e. The van der Waals surface area contributed by atoms with Gasteiger partial charge < -0.3 is 5.73 Å². The average molecular weight is 215 g/mol. The molecule has 0 aliphatic heterocycles. The van der Waals surface area contributed by atoms with Gasteiger partial charge in [-0.2, -0.15) is 5.10 Å². The standard InChI is InChI=1S/C13H17N3/c1-10-5-3-4-6-12(10)13-9-15-16(8-7-14)11(13)2/h3-6,9H,7-8,14H2,1-2H3. The van der Waals surface area contributed by atoms with Gasteiger partial charge >= 0.3 is 0 Å². The summed E-state index contributed by atoms with van der Waals surface area (Å²) in [5.74, 6) is 0. The molecule has 0 unspecified atom stereocenters. The maximum Gasteiger partial charge on any atom is 0.0571 e. The Bertz CT molecular complexity index is 486. The zero-order valence-electron chi connectivity index (χ0n) is 9.77. The molecule has 84 valence electrons. The van der Waals surface area contributed by atoms with Crippen molar-refractivity contribution in [1.29, 1.82) is 0 Å². The topological polar surface area (TPSA) is 43.8 Å². The van der Waals surface area contributed by atoms with Gasteiger partial charge in [0.05, 0.1) is 12.7 Å². The summed E-state index contributed by atoms with van der Waals surface area (Å²) in [5.41, 5.74) is 10.5. The number of rotatable bonds is 3. The van der Waals surface area contributed by atoms with Crippen LogP contribution in [0.3, 0.4) is 0 Å². The Kier molecular flexibility index (Phi) is 3.06. The minimum atomic E-state index is 0.621. The SMILES string of the molecule is Cc1ccccc1-c1cnn(CCN)c1C. The first-order chi connectivity index (χ1) is 7.74. The molecule has 1 heterocycles. The first-order valence-electron chi connectivity index (χ1n) is 5.52. The number of hydrogen-bond donors (Lipinski definition) is 1. The summed E-state index contributed by atoms with van der Waals surface area (Å²) in [6.07, 6.45) is 1.92. The Balaban J connectivity index is 2.45. The molecule has 0 aliphatic rings. The van der Waals surface area contributed by atoms with Crippen LogP contribution in [0.5, 0.6) is 0 Å². The average Bonchev–Trinajstić information content (AvgIpc) is 2.62. The zero-order chi connectivity index (χ0) is 11.5. The Morgan fingerprint density at radius 1 is 1.19 bits per heavy atom. The monoisotopic (exact) mass is 215 g/mol. The maximum absolute atomic E-state index is 5.55. The quantitative estimate of drug-likeness (QED) is 0.852. The van der Waals surface area contributed by atoms with Gasteiger partial charge in [-0.15, -0.1) is 0 Å². The summed E-state index contributed by atoms with van der Waals surface area (Å²) in [6.45, 7) is 5.60. The Labute approximate surface area is 95.9 Å². The minimum Gasteiger partial charge on any atom is -0.329 e. The molecule has 2 rings (SSSR count). The van der Waals surface area contributed by atoms with E-state index in [2.05, 4.69) is 43.2 Å². The van der Waals surface area contributed by atoms with Crippen molar-refractivity contribution in [2.75, 3.05) is 6.54 Å². The molecule has 0 spiro atoms. The van der Waals surface area contributed by atoms with Gasteiger partial charge in [0.1, 0.15) is 0 Å². The van der Waals surface area contributed by atoms with Crippen molar-refractivity contribution in [1.82, 2.24) is 9.78 Å².